The molecule has 0 saturated heterocycles. The fraction of sp³-hybridized carbons (Fsp3) is 0.0690. The highest BCUT2D eigenvalue weighted by Gasteiger charge is 2.18. The molecule has 0 fully saturated rings. The minimum Gasteiger partial charge on any atom is -0.324 e. The van der Waals surface area contributed by atoms with E-state index in [4.69, 9.17) is 23.2 Å². The number of benzene rings is 3. The first-order valence-electron chi connectivity index (χ1n) is 11.7. The van der Waals surface area contributed by atoms with Crippen molar-refractivity contribution in [2.45, 2.75) is 17.1 Å². The number of anilines is 2. The van der Waals surface area contributed by atoms with Crippen molar-refractivity contribution in [1.82, 2.24) is 5.32 Å². The Balaban J connectivity index is 1.45. The number of carbonyl (C=O) groups excluding carboxylic acids is 3. The lowest BCUT2D eigenvalue weighted by molar-refractivity contribution is -0.115. The molecule has 1 atom stereocenters. The third-order valence-electron chi connectivity index (χ3n) is 5.37. The molecule has 10 heteroatoms. The molecule has 0 aliphatic heterocycles. The van der Waals surface area contributed by atoms with Gasteiger partial charge in [0.15, 0.2) is 0 Å². The Kier molecular flexibility index (Phi) is 9.84. The molecule has 3 N–H and O–H groups in total. The Morgan fingerprint density at radius 3 is 2.44 bits per heavy atom. The molecule has 0 bridgehead atoms. The largest absolute Gasteiger partial charge is 0.324 e. The van der Waals surface area contributed by atoms with Crippen LogP contribution in [0.2, 0.25) is 10.0 Å². The molecule has 0 aliphatic carbocycles. The number of hydrogen-bond acceptors (Lipinski definition) is 5. The summed E-state index contributed by atoms with van der Waals surface area (Å²) in [5.74, 6) is -1.12. The van der Waals surface area contributed by atoms with Crippen molar-refractivity contribution in [3.63, 3.8) is 0 Å². The first kappa shape index (κ1) is 28.4. The summed E-state index contributed by atoms with van der Waals surface area (Å²) in [7, 11) is 0. The predicted molar refractivity (Wildman–Crippen MR) is 162 cm³/mol. The Hall–Kier alpha value is -3.56. The van der Waals surface area contributed by atoms with Gasteiger partial charge in [0.2, 0.25) is 5.91 Å². The summed E-state index contributed by atoms with van der Waals surface area (Å²) >= 11 is 15.0. The Labute approximate surface area is 244 Å². The molecular formula is C29H23Cl2N3O3S2. The number of thiophene rings is 1. The van der Waals surface area contributed by atoms with Crippen molar-refractivity contribution in [3.05, 3.63) is 116 Å². The molecule has 1 aromatic heterocycles. The van der Waals surface area contributed by atoms with Crippen LogP contribution in [0.5, 0.6) is 0 Å². The molecule has 3 amide bonds. The summed E-state index contributed by atoms with van der Waals surface area (Å²) in [4.78, 5) is 39.5. The van der Waals surface area contributed by atoms with Crippen LogP contribution in [-0.2, 0) is 9.59 Å². The maximum atomic E-state index is 13.2. The van der Waals surface area contributed by atoms with Crippen LogP contribution in [0.15, 0.2) is 100 Å². The number of halogens is 2. The Morgan fingerprint density at radius 2 is 1.69 bits per heavy atom. The van der Waals surface area contributed by atoms with Gasteiger partial charge in [-0.2, -0.15) is 11.3 Å². The number of carbonyl (C=O) groups is 3. The molecule has 4 aromatic rings. The molecule has 1 unspecified atom stereocenters. The monoisotopic (exact) mass is 595 g/mol. The summed E-state index contributed by atoms with van der Waals surface area (Å²) in [6.07, 6.45) is 1.62. The van der Waals surface area contributed by atoms with Crippen LogP contribution in [0, 0.1) is 0 Å². The van der Waals surface area contributed by atoms with Crippen LogP contribution in [0.3, 0.4) is 0 Å². The van der Waals surface area contributed by atoms with E-state index < -0.39 is 17.1 Å². The number of thioether (sulfide) groups is 1. The van der Waals surface area contributed by atoms with Gasteiger partial charge in [0.05, 0.1) is 21.0 Å². The maximum absolute atomic E-state index is 13.2. The molecule has 0 spiro atoms. The van der Waals surface area contributed by atoms with Crippen molar-refractivity contribution in [2.75, 3.05) is 10.6 Å². The number of amides is 3. The van der Waals surface area contributed by atoms with Gasteiger partial charge < -0.3 is 16.0 Å². The Morgan fingerprint density at radius 1 is 0.923 bits per heavy atom. The summed E-state index contributed by atoms with van der Waals surface area (Å²) < 4.78 is 0. The molecule has 0 aliphatic rings. The van der Waals surface area contributed by atoms with Crippen LogP contribution >= 0.6 is 46.3 Å². The molecule has 4 rings (SSSR count). The van der Waals surface area contributed by atoms with Gasteiger partial charge in [-0.15, -0.1) is 11.8 Å². The van der Waals surface area contributed by atoms with E-state index >= 15 is 0 Å². The van der Waals surface area contributed by atoms with Crippen LogP contribution in [0.1, 0.15) is 22.8 Å². The Bertz CT molecular complexity index is 1510. The fourth-order valence-electron chi connectivity index (χ4n) is 3.40. The zero-order valence-corrected chi connectivity index (χ0v) is 23.8. The molecule has 6 nitrogen and oxygen atoms in total. The van der Waals surface area contributed by atoms with Crippen LogP contribution in [0.4, 0.5) is 11.4 Å². The SMILES string of the molecule is CC(Sc1cccc(NC(=O)/C(=C/c2ccsc2)NC(=O)c2ccccc2)c1)C(=O)Nc1cccc(Cl)c1Cl. The van der Waals surface area contributed by atoms with E-state index in [1.165, 1.54) is 23.1 Å². The van der Waals surface area contributed by atoms with Gasteiger partial charge in [0.1, 0.15) is 5.70 Å². The first-order chi connectivity index (χ1) is 18.8. The second-order valence-corrected chi connectivity index (χ2v) is 11.2. The summed E-state index contributed by atoms with van der Waals surface area (Å²) in [5.41, 5.74) is 2.28. The van der Waals surface area contributed by atoms with E-state index in [2.05, 4.69) is 16.0 Å². The van der Waals surface area contributed by atoms with Crippen LogP contribution < -0.4 is 16.0 Å². The standard InChI is InChI=1S/C29H23Cl2N3O3S2/c1-18(27(35)33-24-12-6-11-23(30)26(24)31)39-22-10-5-9-21(16-22)32-29(37)25(15-19-13-14-38-17-19)34-28(36)20-7-3-2-4-8-20/h2-18H,1H3,(H,32,37)(H,33,35)(H,34,36)/b25-15-. The molecule has 0 radical (unpaired) electrons. The van der Waals surface area contributed by atoms with Crippen molar-refractivity contribution in [2.24, 2.45) is 0 Å². The van der Waals surface area contributed by atoms with Gasteiger partial charge in [-0.05, 0) is 77.9 Å². The van der Waals surface area contributed by atoms with Gasteiger partial charge in [-0.25, -0.2) is 0 Å². The van der Waals surface area contributed by atoms with E-state index in [0.717, 1.165) is 10.5 Å². The van der Waals surface area contributed by atoms with Crippen molar-refractivity contribution >= 4 is 81.5 Å². The lowest BCUT2D eigenvalue weighted by Crippen LogP contribution is -2.30. The predicted octanol–water partition coefficient (Wildman–Crippen LogP) is 7.58. The lowest BCUT2D eigenvalue weighted by atomic mass is 10.2. The van der Waals surface area contributed by atoms with Gasteiger partial charge in [0, 0.05) is 16.1 Å². The minimum absolute atomic E-state index is 0.103. The van der Waals surface area contributed by atoms with Gasteiger partial charge in [-0.1, -0.05) is 53.5 Å². The van der Waals surface area contributed by atoms with E-state index in [1.807, 2.05) is 29.0 Å². The zero-order valence-electron chi connectivity index (χ0n) is 20.6. The van der Waals surface area contributed by atoms with E-state index in [9.17, 15) is 14.4 Å². The highest BCUT2D eigenvalue weighted by Crippen LogP contribution is 2.31. The third kappa shape index (κ3) is 7.97. The van der Waals surface area contributed by atoms with Gasteiger partial charge in [-0.3, -0.25) is 14.4 Å². The first-order valence-corrected chi connectivity index (χ1v) is 14.3. The molecule has 1 heterocycles. The van der Waals surface area contributed by atoms with Gasteiger partial charge in [0.25, 0.3) is 11.8 Å². The van der Waals surface area contributed by atoms with Crippen molar-refractivity contribution < 1.29 is 14.4 Å². The second kappa shape index (κ2) is 13.5. The van der Waals surface area contributed by atoms with E-state index in [0.29, 0.717) is 22.0 Å². The average molecular weight is 597 g/mol. The topological polar surface area (TPSA) is 87.3 Å². The number of hydrogen-bond donors (Lipinski definition) is 3. The average Bonchev–Trinajstić information content (AvgIpc) is 3.44. The molecule has 0 saturated carbocycles. The molecular weight excluding hydrogens is 573 g/mol. The normalized spacial score (nSPS) is 11.9. The maximum Gasteiger partial charge on any atom is 0.272 e. The lowest BCUT2D eigenvalue weighted by Gasteiger charge is -2.15. The highest BCUT2D eigenvalue weighted by atomic mass is 35.5. The third-order valence-corrected chi connectivity index (χ3v) is 7.98. The van der Waals surface area contributed by atoms with Crippen molar-refractivity contribution in [1.29, 1.82) is 0 Å². The summed E-state index contributed by atoms with van der Waals surface area (Å²) in [6, 6.07) is 22.7. The molecule has 198 valence electrons. The summed E-state index contributed by atoms with van der Waals surface area (Å²) in [6.45, 7) is 1.77. The molecule has 3 aromatic carbocycles. The van der Waals surface area contributed by atoms with Gasteiger partial charge >= 0.3 is 0 Å². The van der Waals surface area contributed by atoms with Crippen LogP contribution in [-0.4, -0.2) is 23.0 Å². The van der Waals surface area contributed by atoms with E-state index in [-0.39, 0.29) is 16.6 Å². The van der Waals surface area contributed by atoms with Crippen molar-refractivity contribution in [3.8, 4) is 0 Å². The number of nitrogens with one attached hydrogen (secondary N) is 3. The molecule has 39 heavy (non-hydrogen) atoms. The quantitative estimate of drug-likeness (QED) is 0.137. The van der Waals surface area contributed by atoms with E-state index in [1.54, 1.807) is 73.7 Å². The highest BCUT2D eigenvalue weighted by molar-refractivity contribution is 8.00. The summed E-state index contributed by atoms with van der Waals surface area (Å²) in [5, 5.41) is 12.3. The minimum atomic E-state index is -0.478. The second-order valence-electron chi connectivity index (χ2n) is 8.27. The zero-order chi connectivity index (χ0) is 27.8. The number of rotatable bonds is 9. The smallest absolute Gasteiger partial charge is 0.272 e. The fourth-order valence-corrected chi connectivity index (χ4v) is 5.30. The van der Waals surface area contributed by atoms with Crippen LogP contribution in [0.25, 0.3) is 6.08 Å².